The average Bonchev–Trinajstić information content (AvgIpc) is 3.98. The molecule has 1 saturated carbocycles. The van der Waals surface area contributed by atoms with E-state index >= 15 is 0 Å². The number of hydrogen-bond acceptors (Lipinski definition) is 1. The first-order valence-corrected chi connectivity index (χ1v) is 30.8. The van der Waals surface area contributed by atoms with Crippen LogP contribution in [-0.4, -0.2) is 0 Å². The first-order valence-electron chi connectivity index (χ1n) is 30.8. The minimum atomic E-state index is 0.856. The molecule has 3 aliphatic carbocycles. The summed E-state index contributed by atoms with van der Waals surface area (Å²) in [6, 6.07) is 30.3. The predicted molar refractivity (Wildman–Crippen MR) is 358 cm³/mol. The molecule has 0 saturated heterocycles. The van der Waals surface area contributed by atoms with E-state index in [-0.39, 0.29) is 0 Å². The van der Waals surface area contributed by atoms with Crippen LogP contribution in [0.1, 0.15) is 203 Å². The Kier molecular flexibility index (Phi) is 28.3. The molecule has 0 radical (unpaired) electrons. The fourth-order valence-corrected chi connectivity index (χ4v) is 11.0. The second-order valence-corrected chi connectivity index (χ2v) is 25.8. The van der Waals surface area contributed by atoms with Gasteiger partial charge in [0.15, 0.2) is 0 Å². The Morgan fingerprint density at radius 3 is 1.26 bits per heavy atom. The topological polar surface area (TPSA) is 13.1 Å². The standard InChI is InChI=1S/C13H18.C11H16.C10H10O.C10H14.C9H18.2C9H12.C8H14/c1-8-5-12-7-9(2)10(3)11(4)13(12)6-8;1-7-6-8(2)10(4)11(5)9(7)3;1-7-3-4-10-9(5-7)6-8(2)11-10;1-7-5-6-8(2)10(4)9(7)3;3*1-7-4-5-8(2)9(3)6-7;1-7-3-5-8(2)6-4-7/h7-8H,5-6H2,1-4H3;6H,1-5H3;3-6H,1-2H3;5-6H,1-4H3;7-9H,4-6H2,1-3H3;2*4-6H,1-3H3;3,8H,4-6H2,1-2H3/t;;;;7-,8?,9?;;;/m....1.../s1. The summed E-state index contributed by atoms with van der Waals surface area (Å²) in [5.41, 5.74) is 32.6. The Hall–Kier alpha value is -5.40. The molecule has 0 N–H and O–H groups in total. The van der Waals surface area contributed by atoms with Crippen LogP contribution in [0.3, 0.4) is 0 Å². The molecule has 7 aromatic rings. The minimum absolute atomic E-state index is 0.856. The van der Waals surface area contributed by atoms with Gasteiger partial charge in [-0.15, -0.1) is 0 Å². The lowest BCUT2D eigenvalue weighted by atomic mass is 9.77. The third-order valence-corrected chi connectivity index (χ3v) is 18.5. The SMILES string of the molecule is CC1=CCC(C)CC1.CC1CC[C@@H](C)CC1C.Cc1cc(C)c(C)c(C)c1C.Cc1cc2c(c(C)c1C)CC(C)C2.Cc1ccc(C)c(C)c1.Cc1ccc(C)c(C)c1.Cc1ccc(C)c(C)c1C.Cc1ccc2oc(C)cc2c1. The van der Waals surface area contributed by atoms with Crippen molar-refractivity contribution in [2.24, 2.45) is 29.6 Å². The smallest absolute Gasteiger partial charge is 0.134 e. The van der Waals surface area contributed by atoms with E-state index in [4.69, 9.17) is 4.42 Å². The number of fused-ring (bicyclic) bond motifs is 2. The fraction of sp³-hybridized carbons (Fsp3) is 0.494. The van der Waals surface area contributed by atoms with Crippen LogP contribution in [0.5, 0.6) is 0 Å². The lowest BCUT2D eigenvalue weighted by Crippen LogP contribution is -2.18. The second-order valence-electron chi connectivity index (χ2n) is 25.8. The normalized spacial score (nSPS) is 17.7. The summed E-state index contributed by atoms with van der Waals surface area (Å²) in [5.74, 6) is 5.74. The Labute approximate surface area is 492 Å². The molecule has 4 unspecified atom stereocenters. The molecule has 1 fully saturated rings. The van der Waals surface area contributed by atoms with Gasteiger partial charge < -0.3 is 4.42 Å². The predicted octanol–water partition coefficient (Wildman–Crippen LogP) is 23.6. The molecule has 3 aliphatic rings. The van der Waals surface area contributed by atoms with Gasteiger partial charge in [-0.1, -0.05) is 143 Å². The van der Waals surface area contributed by atoms with Gasteiger partial charge in [-0.3, -0.25) is 0 Å². The van der Waals surface area contributed by atoms with E-state index in [0.717, 1.165) is 40.9 Å². The van der Waals surface area contributed by atoms with E-state index in [1.165, 1.54) is 157 Å². The molecule has 0 spiro atoms. The maximum atomic E-state index is 5.42. The highest BCUT2D eigenvalue weighted by molar-refractivity contribution is 5.78. The van der Waals surface area contributed by atoms with Crippen molar-refractivity contribution in [3.05, 3.63) is 219 Å². The van der Waals surface area contributed by atoms with E-state index in [9.17, 15) is 0 Å². The van der Waals surface area contributed by atoms with E-state index < -0.39 is 0 Å². The van der Waals surface area contributed by atoms with Crippen molar-refractivity contribution in [3.8, 4) is 0 Å². The summed E-state index contributed by atoms with van der Waals surface area (Å²) < 4.78 is 5.42. The van der Waals surface area contributed by atoms with E-state index in [2.05, 4.69) is 258 Å². The quantitative estimate of drug-likeness (QED) is 0.138. The van der Waals surface area contributed by atoms with Crippen LogP contribution in [0.25, 0.3) is 11.0 Å². The van der Waals surface area contributed by atoms with E-state index in [1.54, 1.807) is 22.3 Å². The molecule has 10 rings (SSSR count). The summed E-state index contributed by atoms with van der Waals surface area (Å²) in [7, 11) is 0. The van der Waals surface area contributed by atoms with E-state index in [0.29, 0.717) is 0 Å². The number of hydrogen-bond donors (Lipinski definition) is 0. The zero-order valence-corrected chi connectivity index (χ0v) is 56.1. The third-order valence-electron chi connectivity index (χ3n) is 18.5. The molecule has 5 atom stereocenters. The largest absolute Gasteiger partial charge is 0.461 e. The van der Waals surface area contributed by atoms with Gasteiger partial charge >= 0.3 is 0 Å². The maximum absolute atomic E-state index is 5.42. The van der Waals surface area contributed by atoms with Crippen molar-refractivity contribution in [1.82, 2.24) is 0 Å². The summed E-state index contributed by atoms with van der Waals surface area (Å²) in [6.07, 6.45) is 13.4. The van der Waals surface area contributed by atoms with E-state index in [1.807, 2.05) is 13.0 Å². The molecular weight excluding hydrogens is 965 g/mol. The highest BCUT2D eigenvalue weighted by Crippen LogP contribution is 2.34. The third kappa shape index (κ3) is 22.2. The van der Waals surface area contributed by atoms with Gasteiger partial charge in [-0.2, -0.15) is 0 Å². The summed E-state index contributed by atoms with van der Waals surface area (Å²) in [4.78, 5) is 0. The van der Waals surface area contributed by atoms with Crippen LogP contribution in [0.2, 0.25) is 0 Å². The van der Waals surface area contributed by atoms with Gasteiger partial charge in [0.2, 0.25) is 0 Å². The monoisotopic (exact) mass is 1080 g/mol. The summed E-state index contributed by atoms with van der Waals surface area (Å²) in [5, 5.41) is 1.20. The summed E-state index contributed by atoms with van der Waals surface area (Å²) >= 11 is 0. The highest BCUT2D eigenvalue weighted by atomic mass is 16.3. The van der Waals surface area contributed by atoms with Crippen LogP contribution < -0.4 is 0 Å². The van der Waals surface area contributed by atoms with Gasteiger partial charge in [0.05, 0.1) is 0 Å². The van der Waals surface area contributed by atoms with Crippen molar-refractivity contribution in [2.45, 2.75) is 231 Å². The maximum Gasteiger partial charge on any atom is 0.134 e. The first-order chi connectivity index (χ1) is 37.4. The molecule has 80 heavy (non-hydrogen) atoms. The van der Waals surface area contributed by atoms with Crippen LogP contribution in [-0.2, 0) is 12.8 Å². The van der Waals surface area contributed by atoms with Crippen molar-refractivity contribution < 1.29 is 4.42 Å². The Balaban J connectivity index is 0.000000241. The molecule has 1 nitrogen and oxygen atoms in total. The van der Waals surface area contributed by atoms with Gasteiger partial charge in [-0.25, -0.2) is 0 Å². The van der Waals surface area contributed by atoms with Gasteiger partial charge in [0, 0.05) is 5.39 Å². The number of aryl methyl sites for hydroxylation is 13. The lowest BCUT2D eigenvalue weighted by Gasteiger charge is -2.29. The number of allylic oxidation sites excluding steroid dienone is 2. The number of benzene rings is 6. The molecule has 0 bridgehead atoms. The molecule has 0 amide bonds. The van der Waals surface area contributed by atoms with Crippen molar-refractivity contribution >= 4 is 11.0 Å². The van der Waals surface area contributed by atoms with Crippen molar-refractivity contribution in [2.75, 3.05) is 0 Å². The number of furan rings is 1. The Bertz CT molecular complexity index is 2990. The first kappa shape index (κ1) is 68.9. The average molecular weight is 1080 g/mol. The van der Waals surface area contributed by atoms with Gasteiger partial charge in [0.1, 0.15) is 11.3 Å². The molecule has 1 aromatic heterocycles. The second kappa shape index (κ2) is 32.9. The summed E-state index contributed by atoms with van der Waals surface area (Å²) in [6.45, 7) is 57.2. The minimum Gasteiger partial charge on any atom is -0.461 e. The zero-order valence-electron chi connectivity index (χ0n) is 56.1. The fourth-order valence-electron chi connectivity index (χ4n) is 11.0. The Morgan fingerprint density at radius 2 is 0.812 bits per heavy atom. The van der Waals surface area contributed by atoms with Crippen LogP contribution >= 0.6 is 0 Å². The Morgan fingerprint density at radius 1 is 0.350 bits per heavy atom. The number of rotatable bonds is 0. The zero-order chi connectivity index (χ0) is 60.3. The van der Waals surface area contributed by atoms with Crippen molar-refractivity contribution in [1.29, 1.82) is 0 Å². The highest BCUT2D eigenvalue weighted by Gasteiger charge is 2.22. The molecule has 0 aliphatic heterocycles. The lowest BCUT2D eigenvalue weighted by molar-refractivity contribution is 0.220. The van der Waals surface area contributed by atoms with Gasteiger partial charge in [-0.05, 0) is 332 Å². The molecule has 1 heterocycles. The molecule has 6 aromatic carbocycles. The molecular formula is C79H114O. The van der Waals surface area contributed by atoms with Crippen molar-refractivity contribution in [3.63, 3.8) is 0 Å². The molecule has 1 heteroatoms. The van der Waals surface area contributed by atoms with Crippen LogP contribution in [0, 0.1) is 168 Å². The van der Waals surface area contributed by atoms with Crippen LogP contribution in [0.15, 0.2) is 101 Å². The molecule has 436 valence electrons. The van der Waals surface area contributed by atoms with Crippen LogP contribution in [0.4, 0.5) is 0 Å². The van der Waals surface area contributed by atoms with Gasteiger partial charge in [0.25, 0.3) is 0 Å².